The second kappa shape index (κ2) is 4.87. The molecule has 0 aromatic carbocycles. The lowest BCUT2D eigenvalue weighted by atomic mass is 9.96. The van der Waals surface area contributed by atoms with Gasteiger partial charge in [-0.2, -0.15) is 9.48 Å². The maximum Gasteiger partial charge on any atom is 0.445 e. The van der Waals surface area contributed by atoms with Crippen molar-refractivity contribution in [1.29, 1.82) is 0 Å². The zero-order valence-electron chi connectivity index (χ0n) is 12.2. The number of hydrogen-bond acceptors (Lipinski definition) is 7. The first-order chi connectivity index (χ1) is 10.8. The highest BCUT2D eigenvalue weighted by Gasteiger charge is 2.50. The molecule has 1 atom stereocenters. The van der Waals surface area contributed by atoms with Crippen molar-refractivity contribution in [3.05, 3.63) is 33.6 Å². The normalized spacial score (nSPS) is 22.7. The van der Waals surface area contributed by atoms with Gasteiger partial charge in [0.25, 0.3) is 5.84 Å². The van der Waals surface area contributed by atoms with Gasteiger partial charge in [0.2, 0.25) is 5.84 Å². The minimum Gasteiger partial charge on any atom is -0.401 e. The third-order valence-corrected chi connectivity index (χ3v) is 3.69. The molecule has 0 saturated carbocycles. The van der Waals surface area contributed by atoms with E-state index in [0.717, 1.165) is 4.90 Å². The van der Waals surface area contributed by atoms with Crippen LogP contribution in [0.2, 0.25) is 0 Å². The minimum absolute atomic E-state index is 0.0624. The number of furan rings is 1. The number of nitro groups is 1. The first kappa shape index (κ1) is 14.6. The Morgan fingerprint density at radius 1 is 1.48 bits per heavy atom. The SMILES string of the molecule is CN1C(=O)C2C(=[N+](C)C1=O)N=C(N)/C2=C\c1ccc([N+](=O)[O-])o1. The summed E-state index contributed by atoms with van der Waals surface area (Å²) >= 11 is 0. The first-order valence-corrected chi connectivity index (χ1v) is 6.53. The fourth-order valence-corrected chi connectivity index (χ4v) is 2.49. The summed E-state index contributed by atoms with van der Waals surface area (Å²) in [6.07, 6.45) is 1.42. The molecule has 0 saturated heterocycles. The molecule has 118 valence electrons. The molecule has 0 aliphatic carbocycles. The number of urea groups is 1. The predicted octanol–water partition coefficient (Wildman–Crippen LogP) is 0.191. The van der Waals surface area contributed by atoms with Crippen molar-refractivity contribution < 1.29 is 23.5 Å². The second-order valence-corrected chi connectivity index (χ2v) is 5.06. The van der Waals surface area contributed by atoms with Crippen LogP contribution in [0.5, 0.6) is 0 Å². The van der Waals surface area contributed by atoms with E-state index >= 15 is 0 Å². The highest BCUT2D eigenvalue weighted by molar-refractivity contribution is 6.26. The molecule has 10 nitrogen and oxygen atoms in total. The van der Waals surface area contributed by atoms with Crippen molar-refractivity contribution in [2.24, 2.45) is 16.6 Å². The molecule has 2 aliphatic rings. The Balaban J connectivity index is 2.08. The second-order valence-electron chi connectivity index (χ2n) is 5.06. The molecule has 2 aliphatic heterocycles. The number of fused-ring (bicyclic) bond motifs is 1. The third-order valence-electron chi connectivity index (χ3n) is 3.69. The van der Waals surface area contributed by atoms with Crippen molar-refractivity contribution in [3.8, 4) is 0 Å². The van der Waals surface area contributed by atoms with Crippen LogP contribution in [0, 0.1) is 16.0 Å². The topological polar surface area (TPSA) is 135 Å². The van der Waals surface area contributed by atoms with Gasteiger partial charge < -0.3 is 10.2 Å². The number of nitrogens with two attached hydrogens (primary N) is 1. The molecule has 0 fully saturated rings. The standard InChI is InChI=1S/C13H11N5O5/c1-16-11-9(12(19)17(2)13(16)20)7(10(14)15-11)5-6-3-4-8(23-6)18(21)22/h3-5,9,14H,1-2H3/p+1/b7-5-. The Kier molecular flexibility index (Phi) is 3.09. The van der Waals surface area contributed by atoms with Crippen molar-refractivity contribution in [2.45, 2.75) is 0 Å². The van der Waals surface area contributed by atoms with E-state index in [1.165, 1.54) is 36.9 Å². The van der Waals surface area contributed by atoms with Crippen LogP contribution in [0.1, 0.15) is 5.76 Å². The number of amides is 3. The van der Waals surface area contributed by atoms with E-state index in [-0.39, 0.29) is 17.4 Å². The van der Waals surface area contributed by atoms with Crippen LogP contribution in [0.25, 0.3) is 6.08 Å². The van der Waals surface area contributed by atoms with Gasteiger partial charge >= 0.3 is 17.8 Å². The Morgan fingerprint density at radius 3 is 2.78 bits per heavy atom. The van der Waals surface area contributed by atoms with E-state index in [1.54, 1.807) is 0 Å². The van der Waals surface area contributed by atoms with Gasteiger partial charge in [-0.1, -0.05) is 4.99 Å². The third kappa shape index (κ3) is 2.11. The van der Waals surface area contributed by atoms with E-state index < -0.39 is 28.7 Å². The monoisotopic (exact) mass is 318 g/mol. The Bertz CT molecular complexity index is 847. The van der Waals surface area contributed by atoms with E-state index in [9.17, 15) is 19.7 Å². The molecule has 1 aromatic rings. The highest BCUT2D eigenvalue weighted by atomic mass is 16.6. The molecule has 3 heterocycles. The number of carbonyl (C=O) groups excluding carboxylic acids is 2. The zero-order chi connectivity index (χ0) is 16.9. The lowest BCUT2D eigenvalue weighted by Gasteiger charge is -2.20. The van der Waals surface area contributed by atoms with Crippen molar-refractivity contribution in [1.82, 2.24) is 4.90 Å². The van der Waals surface area contributed by atoms with Crippen molar-refractivity contribution in [3.63, 3.8) is 0 Å². The van der Waals surface area contributed by atoms with Crippen LogP contribution in [-0.2, 0) is 4.79 Å². The summed E-state index contributed by atoms with van der Waals surface area (Å²) in [6, 6.07) is 2.08. The molecule has 10 heteroatoms. The summed E-state index contributed by atoms with van der Waals surface area (Å²) in [5.74, 6) is -1.28. The van der Waals surface area contributed by atoms with Gasteiger partial charge in [-0.15, -0.1) is 0 Å². The predicted molar refractivity (Wildman–Crippen MR) is 77.8 cm³/mol. The molecule has 0 bridgehead atoms. The average molecular weight is 318 g/mol. The number of imide groups is 1. The molecule has 3 amide bonds. The summed E-state index contributed by atoms with van der Waals surface area (Å²) in [5, 5.41) is 10.7. The minimum atomic E-state index is -0.841. The molecular weight excluding hydrogens is 306 g/mol. The summed E-state index contributed by atoms with van der Waals surface area (Å²) < 4.78 is 6.28. The van der Waals surface area contributed by atoms with E-state index in [2.05, 4.69) is 4.99 Å². The number of rotatable bonds is 2. The van der Waals surface area contributed by atoms with Gasteiger partial charge in [-0.05, 0) is 12.1 Å². The van der Waals surface area contributed by atoms with E-state index in [0.29, 0.717) is 5.57 Å². The maximum atomic E-state index is 12.4. The van der Waals surface area contributed by atoms with Gasteiger partial charge in [0.05, 0.1) is 20.2 Å². The average Bonchev–Trinajstić information content (AvgIpc) is 3.09. The number of amidine groups is 2. The lowest BCUT2D eigenvalue weighted by Crippen LogP contribution is -2.50. The number of hydrogen-bond donors (Lipinski definition) is 1. The molecule has 0 radical (unpaired) electrons. The summed E-state index contributed by atoms with van der Waals surface area (Å²) in [5.41, 5.74) is 6.18. The summed E-state index contributed by atoms with van der Waals surface area (Å²) in [4.78, 5) is 39.3. The van der Waals surface area contributed by atoms with Crippen LogP contribution in [0.3, 0.4) is 0 Å². The molecule has 1 aromatic heterocycles. The highest BCUT2D eigenvalue weighted by Crippen LogP contribution is 2.29. The van der Waals surface area contributed by atoms with Crippen LogP contribution >= 0.6 is 0 Å². The molecule has 1 unspecified atom stereocenters. The maximum absolute atomic E-state index is 12.4. The largest absolute Gasteiger partial charge is 0.445 e. The van der Waals surface area contributed by atoms with Crippen LogP contribution < -0.4 is 5.73 Å². The molecule has 0 spiro atoms. The van der Waals surface area contributed by atoms with Gasteiger partial charge in [0.1, 0.15) is 10.7 Å². The van der Waals surface area contributed by atoms with Gasteiger partial charge in [0.15, 0.2) is 5.92 Å². The van der Waals surface area contributed by atoms with E-state index in [4.69, 9.17) is 10.2 Å². The van der Waals surface area contributed by atoms with Crippen LogP contribution in [-0.4, -0.2) is 52.1 Å². The van der Waals surface area contributed by atoms with Gasteiger partial charge in [-0.3, -0.25) is 14.9 Å². The molecular formula is C13H12N5O5+. The fraction of sp³-hybridized carbons (Fsp3) is 0.231. The molecule has 3 rings (SSSR count). The summed E-state index contributed by atoms with van der Waals surface area (Å²) in [6.45, 7) is 0. The first-order valence-electron chi connectivity index (χ1n) is 6.53. The number of carbonyl (C=O) groups is 2. The van der Waals surface area contributed by atoms with Gasteiger partial charge in [-0.25, -0.2) is 4.79 Å². The zero-order valence-corrected chi connectivity index (χ0v) is 12.2. The molecule has 2 N–H and O–H groups in total. The number of aliphatic imine (C=N–C) groups is 1. The van der Waals surface area contributed by atoms with Crippen LogP contribution in [0.4, 0.5) is 10.7 Å². The smallest absolute Gasteiger partial charge is 0.401 e. The van der Waals surface area contributed by atoms with Crippen molar-refractivity contribution >= 4 is 35.6 Å². The Labute approximate surface area is 129 Å². The quantitative estimate of drug-likeness (QED) is 0.470. The van der Waals surface area contributed by atoms with Crippen LogP contribution in [0.15, 0.2) is 27.1 Å². The Hall–Kier alpha value is -3.30. The number of nitrogens with zero attached hydrogens (tertiary/aromatic N) is 4. The molecule has 23 heavy (non-hydrogen) atoms. The Morgan fingerprint density at radius 2 is 2.17 bits per heavy atom. The van der Waals surface area contributed by atoms with E-state index in [1.807, 2.05) is 0 Å². The lowest BCUT2D eigenvalue weighted by molar-refractivity contribution is -0.407. The van der Waals surface area contributed by atoms with Crippen molar-refractivity contribution in [2.75, 3.05) is 14.1 Å². The fourth-order valence-electron chi connectivity index (χ4n) is 2.49. The van der Waals surface area contributed by atoms with Gasteiger partial charge in [0, 0.05) is 5.57 Å². The summed E-state index contributed by atoms with van der Waals surface area (Å²) in [7, 11) is 2.85.